The third-order valence-electron chi connectivity index (χ3n) is 8.98. The van der Waals surface area contributed by atoms with E-state index in [0.717, 1.165) is 38.5 Å². The van der Waals surface area contributed by atoms with Gasteiger partial charge in [-0.15, -0.1) is 0 Å². The van der Waals surface area contributed by atoms with Crippen LogP contribution in [0.5, 0.6) is 0 Å². The molecule has 0 heterocycles. The molecule has 7 atom stereocenters. The molecule has 1 unspecified atom stereocenters. The fraction of sp³-hybridized carbons (Fsp3) is 0.950. The summed E-state index contributed by atoms with van der Waals surface area (Å²) in [5.41, 5.74) is -0.612. The zero-order valence-electron chi connectivity index (χ0n) is 14.9. The first-order chi connectivity index (χ1) is 10.6. The number of fused-ring (bicyclic) bond motifs is 3. The lowest BCUT2D eigenvalue weighted by molar-refractivity contribution is -0.181. The van der Waals surface area contributed by atoms with E-state index in [-0.39, 0.29) is 10.8 Å². The molecule has 23 heavy (non-hydrogen) atoms. The van der Waals surface area contributed by atoms with Crippen LogP contribution in [0, 0.1) is 34.0 Å². The van der Waals surface area contributed by atoms with E-state index in [4.69, 9.17) is 0 Å². The van der Waals surface area contributed by atoms with Gasteiger partial charge in [-0.2, -0.15) is 0 Å². The first-order valence-electron chi connectivity index (χ1n) is 9.60. The van der Waals surface area contributed by atoms with Crippen LogP contribution in [-0.4, -0.2) is 21.8 Å². The molecule has 4 aliphatic carbocycles. The highest BCUT2D eigenvalue weighted by molar-refractivity contribution is 5.75. The van der Waals surface area contributed by atoms with Gasteiger partial charge in [0.15, 0.2) is 0 Å². The lowest BCUT2D eigenvalue weighted by Crippen LogP contribution is -2.58. The quantitative estimate of drug-likeness (QED) is 0.760. The van der Waals surface area contributed by atoms with E-state index in [1.165, 1.54) is 19.3 Å². The number of carbonyl (C=O) groups is 1. The molecule has 4 rings (SSSR count). The van der Waals surface area contributed by atoms with Crippen LogP contribution in [0.4, 0.5) is 0 Å². The Kier molecular flexibility index (Phi) is 3.14. The summed E-state index contributed by atoms with van der Waals surface area (Å²) >= 11 is 0. The molecule has 130 valence electrons. The molecular weight excluding hydrogens is 288 g/mol. The lowest BCUT2D eigenvalue weighted by Gasteiger charge is -2.63. The van der Waals surface area contributed by atoms with Gasteiger partial charge in [0, 0.05) is 0 Å². The van der Waals surface area contributed by atoms with Crippen molar-refractivity contribution in [1.82, 2.24) is 0 Å². The molecule has 0 aromatic rings. The largest absolute Gasteiger partial charge is 0.481 e. The topological polar surface area (TPSA) is 57.5 Å². The van der Waals surface area contributed by atoms with Crippen LogP contribution in [0.25, 0.3) is 0 Å². The van der Waals surface area contributed by atoms with Crippen LogP contribution in [0.3, 0.4) is 0 Å². The summed E-state index contributed by atoms with van der Waals surface area (Å²) in [7, 11) is 0. The van der Waals surface area contributed by atoms with Crippen LogP contribution in [0.1, 0.15) is 78.6 Å². The summed E-state index contributed by atoms with van der Waals surface area (Å²) in [5, 5.41) is 20.8. The van der Waals surface area contributed by atoms with Gasteiger partial charge in [-0.25, -0.2) is 0 Å². The summed E-state index contributed by atoms with van der Waals surface area (Å²) in [6, 6.07) is 0. The lowest BCUT2D eigenvalue weighted by atomic mass is 9.41. The van der Waals surface area contributed by atoms with Gasteiger partial charge >= 0.3 is 5.97 Å². The van der Waals surface area contributed by atoms with Gasteiger partial charge in [-0.1, -0.05) is 13.3 Å². The van der Waals surface area contributed by atoms with Gasteiger partial charge in [0.05, 0.1) is 11.0 Å². The fourth-order valence-electron chi connectivity index (χ4n) is 8.05. The number of carboxylic acids is 1. The molecule has 3 heteroatoms. The predicted molar refractivity (Wildman–Crippen MR) is 88.9 cm³/mol. The zero-order valence-corrected chi connectivity index (χ0v) is 14.9. The van der Waals surface area contributed by atoms with E-state index in [1.807, 2.05) is 13.8 Å². The van der Waals surface area contributed by atoms with Crippen molar-refractivity contribution < 1.29 is 15.0 Å². The highest BCUT2D eigenvalue weighted by Gasteiger charge is 2.67. The zero-order chi connectivity index (χ0) is 16.7. The number of rotatable bonds is 1. The van der Waals surface area contributed by atoms with Crippen molar-refractivity contribution in [1.29, 1.82) is 0 Å². The molecule has 0 radical (unpaired) electrons. The molecule has 2 bridgehead atoms. The van der Waals surface area contributed by atoms with E-state index in [0.29, 0.717) is 17.8 Å². The van der Waals surface area contributed by atoms with Gasteiger partial charge < -0.3 is 10.2 Å². The molecule has 0 aromatic carbocycles. The van der Waals surface area contributed by atoms with Crippen molar-refractivity contribution in [2.24, 2.45) is 34.0 Å². The molecule has 1 spiro atoms. The molecule has 4 saturated carbocycles. The minimum atomic E-state index is -0.587. The molecule has 4 aliphatic rings. The Morgan fingerprint density at radius 3 is 2.43 bits per heavy atom. The minimum absolute atomic E-state index is 0.148. The highest BCUT2D eigenvalue weighted by Crippen LogP contribution is 2.72. The van der Waals surface area contributed by atoms with Gasteiger partial charge in [0.2, 0.25) is 0 Å². The second kappa shape index (κ2) is 4.53. The Labute approximate surface area is 139 Å². The van der Waals surface area contributed by atoms with Crippen LogP contribution in [0.15, 0.2) is 0 Å². The van der Waals surface area contributed by atoms with Crippen molar-refractivity contribution in [2.45, 2.75) is 84.2 Å². The van der Waals surface area contributed by atoms with Gasteiger partial charge in [0.1, 0.15) is 0 Å². The second-order valence-corrected chi connectivity index (χ2v) is 10.1. The molecule has 0 saturated heterocycles. The van der Waals surface area contributed by atoms with Crippen LogP contribution >= 0.6 is 0 Å². The Balaban J connectivity index is 1.74. The SMILES string of the molecule is C[C@@]12CCC[C@@](C)(C(=O)O)[C@H]1CCC13C[C@@H](CC[C@H]12)[C@](C)(O)C3. The standard InChI is InChI=1S/C20H32O3/c1-17-8-4-9-18(2,16(21)22)14(17)7-10-20-11-13(5-6-15(17)20)19(3,23)12-20/h13-15,23H,4-12H2,1-3H3,(H,21,22)/t13-,14+,15+,17-,18-,19-,20?/m1/s1. The summed E-state index contributed by atoms with van der Waals surface area (Å²) in [6.45, 7) is 6.45. The van der Waals surface area contributed by atoms with Crippen molar-refractivity contribution in [3.8, 4) is 0 Å². The second-order valence-electron chi connectivity index (χ2n) is 10.1. The Bertz CT molecular complexity index is 541. The average molecular weight is 320 g/mol. The molecule has 2 N–H and O–H groups in total. The third kappa shape index (κ3) is 1.89. The first kappa shape index (κ1) is 15.9. The first-order valence-corrected chi connectivity index (χ1v) is 9.60. The van der Waals surface area contributed by atoms with E-state index >= 15 is 0 Å². The van der Waals surface area contributed by atoms with E-state index in [1.54, 1.807) is 0 Å². The monoisotopic (exact) mass is 320 g/mol. The Hall–Kier alpha value is -0.570. The van der Waals surface area contributed by atoms with Crippen LogP contribution in [0.2, 0.25) is 0 Å². The highest BCUT2D eigenvalue weighted by atomic mass is 16.4. The van der Waals surface area contributed by atoms with Crippen LogP contribution in [-0.2, 0) is 4.79 Å². The van der Waals surface area contributed by atoms with E-state index < -0.39 is 17.0 Å². The Morgan fingerprint density at radius 2 is 1.74 bits per heavy atom. The van der Waals surface area contributed by atoms with Gasteiger partial charge in [0.25, 0.3) is 0 Å². The summed E-state index contributed by atoms with van der Waals surface area (Å²) in [4.78, 5) is 12.1. The van der Waals surface area contributed by atoms with Crippen molar-refractivity contribution >= 4 is 5.97 Å². The average Bonchev–Trinajstić information content (AvgIpc) is 2.63. The summed E-state index contributed by atoms with van der Waals surface area (Å²) < 4.78 is 0. The fourth-order valence-corrected chi connectivity index (χ4v) is 8.05. The smallest absolute Gasteiger partial charge is 0.309 e. The van der Waals surface area contributed by atoms with Crippen molar-refractivity contribution in [2.75, 3.05) is 0 Å². The van der Waals surface area contributed by atoms with E-state index in [9.17, 15) is 15.0 Å². The van der Waals surface area contributed by atoms with E-state index in [2.05, 4.69) is 6.92 Å². The number of hydrogen-bond donors (Lipinski definition) is 2. The number of aliphatic carboxylic acids is 1. The van der Waals surface area contributed by atoms with Crippen molar-refractivity contribution in [3.05, 3.63) is 0 Å². The molecule has 0 aromatic heterocycles. The number of carboxylic acid groups (broad SMARTS) is 1. The maximum Gasteiger partial charge on any atom is 0.309 e. The maximum absolute atomic E-state index is 12.1. The van der Waals surface area contributed by atoms with Crippen LogP contribution < -0.4 is 0 Å². The summed E-state index contributed by atoms with van der Waals surface area (Å²) in [6.07, 6.45) is 9.68. The van der Waals surface area contributed by atoms with Gasteiger partial charge in [-0.05, 0) is 93.8 Å². The number of aliphatic hydroxyl groups is 1. The van der Waals surface area contributed by atoms with Crippen molar-refractivity contribution in [3.63, 3.8) is 0 Å². The Morgan fingerprint density at radius 1 is 1.00 bits per heavy atom. The summed E-state index contributed by atoms with van der Waals surface area (Å²) in [5.74, 6) is 0.793. The minimum Gasteiger partial charge on any atom is -0.481 e. The molecular formula is C20H32O3. The normalized spacial score (nSPS) is 58.3. The number of hydrogen-bond acceptors (Lipinski definition) is 2. The maximum atomic E-state index is 12.1. The van der Waals surface area contributed by atoms with Gasteiger partial charge in [-0.3, -0.25) is 4.79 Å². The molecule has 3 nitrogen and oxygen atoms in total. The third-order valence-corrected chi connectivity index (χ3v) is 8.98. The molecule has 0 amide bonds. The molecule has 0 aliphatic heterocycles. The predicted octanol–water partition coefficient (Wildman–Crippen LogP) is 4.23. The molecule has 4 fully saturated rings.